The van der Waals surface area contributed by atoms with Gasteiger partial charge < -0.3 is 14.2 Å². The van der Waals surface area contributed by atoms with Crippen LogP contribution >= 0.6 is 0 Å². The molecule has 0 atom stereocenters. The highest BCUT2D eigenvalue weighted by atomic mass is 19.1. The van der Waals surface area contributed by atoms with Crippen LogP contribution in [0.3, 0.4) is 0 Å². The van der Waals surface area contributed by atoms with Crippen molar-refractivity contribution in [2.75, 3.05) is 32.8 Å². The Labute approximate surface area is 241 Å². The molecule has 0 aliphatic carbocycles. The summed E-state index contributed by atoms with van der Waals surface area (Å²) in [4.78, 5) is 17.7. The van der Waals surface area contributed by atoms with Gasteiger partial charge in [0, 0.05) is 43.7 Å². The second kappa shape index (κ2) is 12.4. The molecule has 6 nitrogen and oxygen atoms in total. The van der Waals surface area contributed by atoms with Crippen molar-refractivity contribution in [1.29, 1.82) is 0 Å². The summed E-state index contributed by atoms with van der Waals surface area (Å²) in [6, 6.07) is 23.1. The van der Waals surface area contributed by atoms with Crippen LogP contribution in [0, 0.1) is 11.2 Å². The van der Waals surface area contributed by atoms with Crippen LogP contribution in [-0.4, -0.2) is 53.6 Å². The molecule has 1 aromatic heterocycles. The number of carbonyl (C=O) groups excluding carboxylic acids is 1. The molecule has 2 aliphatic heterocycles. The van der Waals surface area contributed by atoms with E-state index < -0.39 is 0 Å². The van der Waals surface area contributed by atoms with Crippen molar-refractivity contribution >= 4 is 16.9 Å². The van der Waals surface area contributed by atoms with Crippen LogP contribution < -0.4 is 4.74 Å². The number of carbonyl (C=O) groups is 1. The van der Waals surface area contributed by atoms with Gasteiger partial charge in [-0.05, 0) is 67.3 Å². The first kappa shape index (κ1) is 27.5. The average Bonchev–Trinajstić information content (AvgIpc) is 3.39. The number of rotatable bonds is 4. The monoisotopic (exact) mass is 555 g/mol. The lowest BCUT2D eigenvalue weighted by atomic mass is 9.73. The Bertz CT molecular complexity index is 1480. The average molecular weight is 556 g/mol. The van der Waals surface area contributed by atoms with Crippen molar-refractivity contribution in [2.24, 2.45) is 5.41 Å². The molecule has 0 N–H and O–H groups in total. The minimum Gasteiger partial charge on any atom is -0.492 e. The van der Waals surface area contributed by atoms with Gasteiger partial charge in [0.1, 0.15) is 23.9 Å². The van der Waals surface area contributed by atoms with Crippen LogP contribution in [0.2, 0.25) is 0 Å². The number of fused-ring (bicyclic) bond motifs is 2. The zero-order chi connectivity index (χ0) is 28.1. The van der Waals surface area contributed by atoms with Gasteiger partial charge in [-0.15, -0.1) is 0 Å². The van der Waals surface area contributed by atoms with E-state index in [1.165, 1.54) is 11.6 Å². The summed E-state index contributed by atoms with van der Waals surface area (Å²) in [6.07, 6.45) is 6.42. The van der Waals surface area contributed by atoms with Crippen LogP contribution in [0.4, 0.5) is 4.39 Å². The molecule has 1 amide bonds. The SMILES string of the molecule is O=C(Cc1noc2ccccc12)N1CCC2(CCCCc3ccccc3OCCN(Cc3ccccc3F)C2)CC1. The third kappa shape index (κ3) is 6.46. The molecule has 0 unspecified atom stereocenters. The minimum atomic E-state index is -0.167. The van der Waals surface area contributed by atoms with Gasteiger partial charge in [0.25, 0.3) is 0 Å². The van der Waals surface area contributed by atoms with Gasteiger partial charge in [-0.1, -0.05) is 60.1 Å². The minimum absolute atomic E-state index is 0.0708. The molecule has 3 heterocycles. The summed E-state index contributed by atoms with van der Waals surface area (Å²) in [5.41, 5.74) is 3.45. The van der Waals surface area contributed by atoms with Crippen molar-refractivity contribution in [3.8, 4) is 5.75 Å². The molecule has 1 fully saturated rings. The third-order valence-corrected chi connectivity index (χ3v) is 8.90. The van der Waals surface area contributed by atoms with Crippen LogP contribution in [-0.2, 0) is 24.2 Å². The first-order chi connectivity index (χ1) is 20.1. The van der Waals surface area contributed by atoms with Crippen LogP contribution in [0.5, 0.6) is 5.75 Å². The standard InChI is InChI=1S/C34H38FN3O3/c35-29-13-4-1-11-27(29)24-37-21-22-40-31-14-5-2-9-26(31)10-7-8-16-34(25-37)17-19-38(20-18-34)33(39)23-30-28-12-3-6-15-32(28)41-36-30/h1-6,9,11-15H,7-8,10,16-25H2. The Morgan fingerprint density at radius 1 is 0.902 bits per heavy atom. The maximum atomic E-state index is 14.7. The summed E-state index contributed by atoms with van der Waals surface area (Å²) in [6.45, 7) is 4.12. The maximum absolute atomic E-state index is 14.7. The molecule has 1 saturated heterocycles. The van der Waals surface area contributed by atoms with E-state index in [1.807, 2.05) is 47.4 Å². The number of nitrogens with zero attached hydrogens (tertiary/aromatic N) is 3. The predicted octanol–water partition coefficient (Wildman–Crippen LogP) is 6.43. The van der Waals surface area contributed by atoms with Gasteiger partial charge in [-0.2, -0.15) is 0 Å². The van der Waals surface area contributed by atoms with E-state index in [4.69, 9.17) is 9.26 Å². The van der Waals surface area contributed by atoms with Crippen molar-refractivity contribution in [3.63, 3.8) is 0 Å². The molecule has 4 aromatic rings. The largest absolute Gasteiger partial charge is 0.492 e. The van der Waals surface area contributed by atoms with Crippen LogP contribution in [0.1, 0.15) is 48.9 Å². The third-order valence-electron chi connectivity index (χ3n) is 8.90. The number of likely N-dealkylation sites (tertiary alicyclic amines) is 1. The summed E-state index contributed by atoms with van der Waals surface area (Å²) in [7, 11) is 0. The Hall–Kier alpha value is -3.71. The Kier molecular flexibility index (Phi) is 8.33. The number of amides is 1. The van der Waals surface area contributed by atoms with Crippen molar-refractivity contribution in [1.82, 2.24) is 15.0 Å². The number of benzene rings is 3. The van der Waals surface area contributed by atoms with Gasteiger partial charge in [0.2, 0.25) is 5.91 Å². The molecular weight excluding hydrogens is 517 g/mol. The van der Waals surface area contributed by atoms with Gasteiger partial charge in [0.15, 0.2) is 5.58 Å². The number of hydrogen-bond donors (Lipinski definition) is 0. The lowest BCUT2D eigenvalue weighted by Crippen LogP contribution is -2.49. The van der Waals surface area contributed by atoms with E-state index >= 15 is 0 Å². The highest BCUT2D eigenvalue weighted by molar-refractivity contribution is 5.86. The number of hydrogen-bond acceptors (Lipinski definition) is 5. The predicted molar refractivity (Wildman–Crippen MR) is 157 cm³/mol. The molecule has 3 aromatic carbocycles. The fourth-order valence-electron chi connectivity index (χ4n) is 6.55. The number of piperidine rings is 1. The highest BCUT2D eigenvalue weighted by Crippen LogP contribution is 2.39. The zero-order valence-electron chi connectivity index (χ0n) is 23.6. The van der Waals surface area contributed by atoms with Gasteiger partial charge >= 0.3 is 0 Å². The molecule has 214 valence electrons. The van der Waals surface area contributed by atoms with E-state index in [9.17, 15) is 9.18 Å². The van der Waals surface area contributed by atoms with E-state index in [1.54, 1.807) is 6.07 Å². The number of aromatic nitrogens is 1. The topological polar surface area (TPSA) is 58.8 Å². The van der Waals surface area contributed by atoms with Crippen LogP contribution in [0.25, 0.3) is 11.0 Å². The molecule has 41 heavy (non-hydrogen) atoms. The highest BCUT2D eigenvalue weighted by Gasteiger charge is 2.37. The first-order valence-electron chi connectivity index (χ1n) is 14.9. The summed E-state index contributed by atoms with van der Waals surface area (Å²) in [5.74, 6) is 0.889. The molecule has 0 bridgehead atoms. The van der Waals surface area contributed by atoms with E-state index in [0.717, 1.165) is 69.3 Å². The smallest absolute Gasteiger partial charge is 0.228 e. The molecule has 7 heteroatoms. The Morgan fingerprint density at radius 3 is 2.56 bits per heavy atom. The number of aryl methyl sites for hydroxylation is 1. The first-order valence-corrected chi connectivity index (χ1v) is 14.9. The van der Waals surface area contributed by atoms with Gasteiger partial charge in [0.05, 0.1) is 6.42 Å². The summed E-state index contributed by atoms with van der Waals surface area (Å²) >= 11 is 0. The lowest BCUT2D eigenvalue weighted by Gasteiger charge is -2.45. The van der Waals surface area contributed by atoms with Gasteiger partial charge in [-0.3, -0.25) is 9.69 Å². The maximum Gasteiger partial charge on any atom is 0.228 e. The fraction of sp³-hybridized carbons (Fsp3) is 0.412. The zero-order valence-corrected chi connectivity index (χ0v) is 23.6. The van der Waals surface area contributed by atoms with Crippen LogP contribution in [0.15, 0.2) is 77.3 Å². The number of ether oxygens (including phenoxy) is 1. The summed E-state index contributed by atoms with van der Waals surface area (Å²) < 4.78 is 26.4. The fourth-order valence-corrected chi connectivity index (χ4v) is 6.55. The molecule has 0 radical (unpaired) electrons. The van der Waals surface area contributed by atoms with Crippen molar-refractivity contribution in [3.05, 3.63) is 95.4 Å². The summed E-state index contributed by atoms with van der Waals surface area (Å²) in [5, 5.41) is 5.08. The molecule has 0 saturated carbocycles. The molecule has 1 spiro atoms. The number of para-hydroxylation sites is 2. The molecule has 2 aliphatic rings. The van der Waals surface area contributed by atoms with E-state index in [-0.39, 0.29) is 23.6 Å². The van der Waals surface area contributed by atoms with E-state index in [2.05, 4.69) is 28.3 Å². The lowest BCUT2D eigenvalue weighted by molar-refractivity contribution is -0.133. The van der Waals surface area contributed by atoms with E-state index in [0.29, 0.717) is 36.5 Å². The Morgan fingerprint density at radius 2 is 1.68 bits per heavy atom. The van der Waals surface area contributed by atoms with Crippen molar-refractivity contribution in [2.45, 2.75) is 51.5 Å². The second-order valence-electron chi connectivity index (χ2n) is 11.6. The Balaban J connectivity index is 1.17. The van der Waals surface area contributed by atoms with Gasteiger partial charge in [-0.25, -0.2) is 4.39 Å². The number of halogens is 1. The quantitative estimate of drug-likeness (QED) is 0.291. The second-order valence-corrected chi connectivity index (χ2v) is 11.6. The normalized spacial score (nSPS) is 18.3. The molecular formula is C34H38FN3O3. The van der Waals surface area contributed by atoms with Crippen molar-refractivity contribution < 1.29 is 18.4 Å². The molecule has 6 rings (SSSR count).